The maximum atomic E-state index is 13.2. The van der Waals surface area contributed by atoms with Gasteiger partial charge in [-0.15, -0.1) is 6.58 Å². The summed E-state index contributed by atoms with van der Waals surface area (Å²) >= 11 is 0. The second kappa shape index (κ2) is 15.4. The van der Waals surface area contributed by atoms with E-state index in [4.69, 9.17) is 9.47 Å². The molecule has 3 fully saturated rings. The zero-order valence-electron chi connectivity index (χ0n) is 24.4. The van der Waals surface area contributed by atoms with Crippen LogP contribution in [0.3, 0.4) is 0 Å². The first-order valence-corrected chi connectivity index (χ1v) is 15.6. The van der Waals surface area contributed by atoms with Crippen molar-refractivity contribution < 1.29 is 14.3 Å². The summed E-state index contributed by atoms with van der Waals surface area (Å²) in [6.07, 6.45) is 20.4. The van der Waals surface area contributed by atoms with Crippen molar-refractivity contribution in [3.05, 3.63) is 48.7 Å². The number of fused-ring (bicyclic) bond motifs is 4. The molecule has 0 radical (unpaired) electrons. The highest BCUT2D eigenvalue weighted by Gasteiger charge is 2.44. The molecule has 5 rings (SSSR count). The molecule has 0 amide bonds. The van der Waals surface area contributed by atoms with Crippen LogP contribution in [0.2, 0.25) is 0 Å². The van der Waals surface area contributed by atoms with Gasteiger partial charge in [-0.2, -0.15) is 0 Å². The molecule has 214 valence electrons. The monoisotopic (exact) mass is 534 g/mol. The standard InChI is InChI=1S/C34H50N2O3/c1-4-6-7-8-9-10-11-12-13-14-15-16-33(37)39-34(32-23-27-20-22-36(32)25-26(27)5-2)29-19-21-35-31-18-17-28(38-3)24-30(29)31/h5,17-19,21,24,26-27,32,34H,2,4,6-16,20,22-23,25H2,1,3H3/t26-,27-,32-,34+/m0/s1. The second-order valence-corrected chi connectivity index (χ2v) is 11.7. The molecule has 1 aromatic carbocycles. The molecular weight excluding hydrogens is 484 g/mol. The molecule has 39 heavy (non-hydrogen) atoms. The van der Waals surface area contributed by atoms with Gasteiger partial charge in [0.25, 0.3) is 0 Å². The molecule has 1 unspecified atom stereocenters. The van der Waals surface area contributed by atoms with E-state index in [9.17, 15) is 4.79 Å². The third kappa shape index (κ3) is 8.06. The summed E-state index contributed by atoms with van der Waals surface area (Å²) in [4.78, 5) is 20.3. The zero-order chi connectivity index (χ0) is 27.5. The van der Waals surface area contributed by atoms with E-state index in [-0.39, 0.29) is 18.1 Å². The largest absolute Gasteiger partial charge is 0.497 e. The Morgan fingerprint density at radius 3 is 2.44 bits per heavy atom. The highest BCUT2D eigenvalue weighted by molar-refractivity contribution is 5.84. The molecule has 0 aliphatic carbocycles. The van der Waals surface area contributed by atoms with Gasteiger partial charge in [0.05, 0.1) is 18.7 Å². The number of pyridine rings is 1. The lowest BCUT2D eigenvalue weighted by molar-refractivity contribution is -0.157. The highest BCUT2D eigenvalue weighted by atomic mass is 16.5. The Labute approximate surface area is 236 Å². The van der Waals surface area contributed by atoms with E-state index in [1.165, 1.54) is 64.2 Å². The topological polar surface area (TPSA) is 51.7 Å². The molecule has 3 aliphatic heterocycles. The van der Waals surface area contributed by atoms with Gasteiger partial charge in [-0.1, -0.05) is 77.2 Å². The highest BCUT2D eigenvalue weighted by Crippen LogP contribution is 2.43. The minimum atomic E-state index is -0.309. The number of hydrogen-bond donors (Lipinski definition) is 0. The lowest BCUT2D eigenvalue weighted by Crippen LogP contribution is -2.55. The number of aromatic nitrogens is 1. The maximum absolute atomic E-state index is 13.2. The maximum Gasteiger partial charge on any atom is 0.306 e. The molecule has 2 aromatic rings. The molecule has 2 bridgehead atoms. The van der Waals surface area contributed by atoms with Crippen molar-refractivity contribution in [3.63, 3.8) is 0 Å². The third-order valence-corrected chi connectivity index (χ3v) is 9.04. The molecule has 0 spiro atoms. The predicted molar refractivity (Wildman–Crippen MR) is 160 cm³/mol. The normalized spacial score (nSPS) is 23.0. The molecule has 3 saturated heterocycles. The minimum Gasteiger partial charge on any atom is -0.497 e. The number of rotatable bonds is 17. The first-order chi connectivity index (χ1) is 19.1. The summed E-state index contributed by atoms with van der Waals surface area (Å²) in [7, 11) is 1.68. The van der Waals surface area contributed by atoms with Gasteiger partial charge in [-0.05, 0) is 61.9 Å². The Bertz CT molecular complexity index is 1050. The van der Waals surface area contributed by atoms with E-state index in [0.29, 0.717) is 18.3 Å². The van der Waals surface area contributed by atoms with Crippen LogP contribution in [0.5, 0.6) is 5.75 Å². The van der Waals surface area contributed by atoms with Gasteiger partial charge in [0, 0.05) is 30.1 Å². The number of hydrogen-bond acceptors (Lipinski definition) is 5. The summed E-state index contributed by atoms with van der Waals surface area (Å²) in [6.45, 7) is 8.41. The van der Waals surface area contributed by atoms with Gasteiger partial charge in [-0.25, -0.2) is 0 Å². The molecule has 5 heteroatoms. The number of nitrogens with zero attached hydrogens (tertiary/aromatic N) is 2. The van der Waals surface area contributed by atoms with Crippen LogP contribution in [0.1, 0.15) is 108 Å². The smallest absolute Gasteiger partial charge is 0.306 e. The summed E-state index contributed by atoms with van der Waals surface area (Å²) in [5.74, 6) is 1.84. The average Bonchev–Trinajstić information content (AvgIpc) is 2.98. The molecule has 3 aliphatic rings. The average molecular weight is 535 g/mol. The summed E-state index contributed by atoms with van der Waals surface area (Å²) in [5, 5.41) is 1.01. The van der Waals surface area contributed by atoms with E-state index in [2.05, 4.69) is 29.5 Å². The van der Waals surface area contributed by atoms with Crippen LogP contribution in [0, 0.1) is 11.8 Å². The number of benzene rings is 1. The SMILES string of the molecule is C=C[C@H]1CN2CC[C@H]1C[C@H]2[C@H](OC(=O)CCCCCCCCCCCCC)c1ccnc2ccc(OC)cc12. The number of carbonyl (C=O) groups excluding carboxylic acids is 1. The fraction of sp³-hybridized carbons (Fsp3) is 0.647. The van der Waals surface area contributed by atoms with Crippen LogP contribution in [0.4, 0.5) is 0 Å². The summed E-state index contributed by atoms with van der Waals surface area (Å²) in [5.41, 5.74) is 1.94. The number of esters is 1. The van der Waals surface area contributed by atoms with Gasteiger partial charge in [0.2, 0.25) is 0 Å². The lowest BCUT2D eigenvalue weighted by Gasteiger charge is -2.51. The van der Waals surface area contributed by atoms with Crippen molar-refractivity contribution in [1.82, 2.24) is 9.88 Å². The van der Waals surface area contributed by atoms with Gasteiger partial charge in [-0.3, -0.25) is 14.7 Å². The van der Waals surface area contributed by atoms with E-state index >= 15 is 0 Å². The number of methoxy groups -OCH3 is 1. The van der Waals surface area contributed by atoms with Gasteiger partial charge >= 0.3 is 5.97 Å². The van der Waals surface area contributed by atoms with Crippen LogP contribution in [-0.2, 0) is 9.53 Å². The van der Waals surface area contributed by atoms with E-state index < -0.39 is 0 Å². The Hall–Kier alpha value is -2.40. The third-order valence-electron chi connectivity index (χ3n) is 9.04. The summed E-state index contributed by atoms with van der Waals surface area (Å²) in [6, 6.07) is 8.18. The molecule has 4 heterocycles. The second-order valence-electron chi connectivity index (χ2n) is 11.7. The van der Waals surface area contributed by atoms with Crippen molar-refractivity contribution in [1.29, 1.82) is 0 Å². The number of unbranched alkanes of at least 4 members (excludes halogenated alkanes) is 10. The van der Waals surface area contributed by atoms with Crippen molar-refractivity contribution in [3.8, 4) is 5.75 Å². The Balaban J connectivity index is 1.36. The molecule has 5 atom stereocenters. The van der Waals surface area contributed by atoms with E-state index in [1.54, 1.807) is 7.11 Å². The predicted octanol–water partition coefficient (Wildman–Crippen LogP) is 8.43. The number of carbonyl (C=O) groups is 1. The quantitative estimate of drug-likeness (QED) is 0.116. The van der Waals surface area contributed by atoms with Crippen LogP contribution < -0.4 is 4.74 Å². The lowest BCUT2D eigenvalue weighted by atomic mass is 9.73. The molecule has 0 saturated carbocycles. The Morgan fingerprint density at radius 1 is 1.08 bits per heavy atom. The first kappa shape index (κ1) is 29.6. The van der Waals surface area contributed by atoms with Gasteiger partial charge in [0.15, 0.2) is 0 Å². The fourth-order valence-corrected chi connectivity index (χ4v) is 6.70. The van der Waals surface area contributed by atoms with Crippen LogP contribution in [-0.4, -0.2) is 42.1 Å². The zero-order valence-corrected chi connectivity index (χ0v) is 24.4. The van der Waals surface area contributed by atoms with Crippen molar-refractivity contribution in [2.45, 2.75) is 109 Å². The molecular formula is C34H50N2O3. The van der Waals surface area contributed by atoms with E-state index in [0.717, 1.165) is 54.6 Å². The Morgan fingerprint density at radius 2 is 1.79 bits per heavy atom. The molecule has 0 N–H and O–H groups in total. The van der Waals surface area contributed by atoms with Crippen LogP contribution in [0.15, 0.2) is 43.1 Å². The molecule has 5 nitrogen and oxygen atoms in total. The number of ether oxygens (including phenoxy) is 2. The fourth-order valence-electron chi connectivity index (χ4n) is 6.70. The Kier molecular flexibility index (Phi) is 11.7. The van der Waals surface area contributed by atoms with Gasteiger partial charge < -0.3 is 9.47 Å². The van der Waals surface area contributed by atoms with Gasteiger partial charge in [0.1, 0.15) is 11.9 Å². The van der Waals surface area contributed by atoms with Crippen molar-refractivity contribution >= 4 is 16.9 Å². The van der Waals surface area contributed by atoms with E-state index in [1.807, 2.05) is 30.5 Å². The summed E-state index contributed by atoms with van der Waals surface area (Å²) < 4.78 is 11.9. The minimum absolute atomic E-state index is 0.0771. The molecule has 1 aromatic heterocycles. The first-order valence-electron chi connectivity index (χ1n) is 15.6. The van der Waals surface area contributed by atoms with Crippen molar-refractivity contribution in [2.24, 2.45) is 11.8 Å². The number of piperidine rings is 3. The van der Waals surface area contributed by atoms with Crippen LogP contribution in [0.25, 0.3) is 10.9 Å². The van der Waals surface area contributed by atoms with Crippen LogP contribution >= 0.6 is 0 Å². The van der Waals surface area contributed by atoms with Crippen molar-refractivity contribution in [2.75, 3.05) is 20.2 Å².